The first-order chi connectivity index (χ1) is 9.90. The Labute approximate surface area is 123 Å². The Morgan fingerprint density at radius 1 is 1.00 bits per heavy atom. The van der Waals surface area contributed by atoms with Crippen LogP contribution in [0.4, 0.5) is 13.2 Å². The molecule has 0 unspecified atom stereocenters. The van der Waals surface area contributed by atoms with E-state index in [9.17, 15) is 18.0 Å². The highest BCUT2D eigenvalue weighted by Gasteiger charge is 2.30. The second-order valence-corrected chi connectivity index (χ2v) is 5.07. The fourth-order valence-corrected chi connectivity index (χ4v) is 2.00. The number of hydrogen-bond acceptors (Lipinski definition) is 1. The van der Waals surface area contributed by atoms with E-state index >= 15 is 0 Å². The predicted octanol–water partition coefficient (Wildman–Crippen LogP) is 4.75. The van der Waals surface area contributed by atoms with Crippen LogP contribution in [-0.2, 0) is 6.18 Å². The molecule has 0 aromatic heterocycles. The summed E-state index contributed by atoms with van der Waals surface area (Å²) in [4.78, 5) is 14.1. The van der Waals surface area contributed by atoms with Gasteiger partial charge in [0.1, 0.15) is 0 Å². The van der Waals surface area contributed by atoms with Crippen LogP contribution in [0.25, 0.3) is 0 Å². The lowest BCUT2D eigenvalue weighted by Gasteiger charge is -2.22. The third kappa shape index (κ3) is 5.40. The van der Waals surface area contributed by atoms with E-state index in [1.54, 1.807) is 4.90 Å². The largest absolute Gasteiger partial charge is 0.416 e. The van der Waals surface area contributed by atoms with Crippen molar-refractivity contribution in [2.24, 2.45) is 0 Å². The smallest absolute Gasteiger partial charge is 0.339 e. The zero-order valence-electron chi connectivity index (χ0n) is 12.5. The van der Waals surface area contributed by atoms with E-state index in [2.05, 4.69) is 0 Å². The lowest BCUT2D eigenvalue weighted by molar-refractivity contribution is -0.137. The third-order valence-electron chi connectivity index (χ3n) is 3.31. The minimum Gasteiger partial charge on any atom is -0.339 e. The molecule has 1 aromatic carbocycles. The number of carbonyl (C=O) groups excluding carboxylic acids is 1. The van der Waals surface area contributed by atoms with Crippen molar-refractivity contribution >= 4 is 5.91 Å². The van der Waals surface area contributed by atoms with Crippen LogP contribution in [-0.4, -0.2) is 23.9 Å². The van der Waals surface area contributed by atoms with Crippen molar-refractivity contribution in [3.05, 3.63) is 35.4 Å². The number of benzene rings is 1. The van der Waals surface area contributed by atoms with Crippen molar-refractivity contribution in [3.8, 4) is 0 Å². The van der Waals surface area contributed by atoms with Gasteiger partial charge in [0.25, 0.3) is 5.91 Å². The van der Waals surface area contributed by atoms with Crippen molar-refractivity contribution < 1.29 is 18.0 Å². The molecule has 1 amide bonds. The van der Waals surface area contributed by atoms with Gasteiger partial charge >= 0.3 is 6.18 Å². The maximum atomic E-state index is 12.5. The summed E-state index contributed by atoms with van der Waals surface area (Å²) in [6.45, 7) is 5.38. The van der Waals surface area contributed by atoms with Gasteiger partial charge in [-0.2, -0.15) is 13.2 Å². The van der Waals surface area contributed by atoms with Gasteiger partial charge < -0.3 is 4.90 Å². The molecule has 0 aliphatic carbocycles. The van der Waals surface area contributed by atoms with Crippen LogP contribution in [0.3, 0.4) is 0 Å². The Kier molecular flexibility index (Phi) is 6.72. The van der Waals surface area contributed by atoms with Crippen LogP contribution in [0.15, 0.2) is 24.3 Å². The molecule has 5 heteroatoms. The van der Waals surface area contributed by atoms with Gasteiger partial charge in [0.15, 0.2) is 0 Å². The number of unbranched alkanes of at least 4 members (excludes halogenated alkanes) is 2. The summed E-state index contributed by atoms with van der Waals surface area (Å²) in [6.07, 6.45) is -0.621. The average molecular weight is 301 g/mol. The Morgan fingerprint density at radius 2 is 1.48 bits per heavy atom. The van der Waals surface area contributed by atoms with Crippen LogP contribution >= 0.6 is 0 Å². The molecule has 21 heavy (non-hydrogen) atoms. The minimum atomic E-state index is -4.37. The number of alkyl halides is 3. The summed E-state index contributed by atoms with van der Waals surface area (Å²) in [5.41, 5.74) is -0.414. The van der Waals surface area contributed by atoms with E-state index in [1.807, 2.05) is 13.8 Å². The summed E-state index contributed by atoms with van der Waals surface area (Å²) < 4.78 is 37.6. The molecule has 0 saturated heterocycles. The van der Waals surface area contributed by atoms with Gasteiger partial charge in [-0.05, 0) is 37.1 Å². The van der Waals surface area contributed by atoms with E-state index in [1.165, 1.54) is 12.1 Å². The van der Waals surface area contributed by atoms with Gasteiger partial charge in [0, 0.05) is 18.7 Å². The fourth-order valence-electron chi connectivity index (χ4n) is 2.00. The SMILES string of the molecule is CCCCN(CCCC)C(=O)c1ccc(C(F)(F)F)cc1. The first-order valence-electron chi connectivity index (χ1n) is 7.36. The van der Waals surface area contributed by atoms with Crippen LogP contribution in [0, 0.1) is 0 Å². The van der Waals surface area contributed by atoms with E-state index < -0.39 is 11.7 Å². The average Bonchev–Trinajstić information content (AvgIpc) is 2.46. The Bertz CT molecular complexity index is 432. The second-order valence-electron chi connectivity index (χ2n) is 5.07. The number of carbonyl (C=O) groups is 1. The van der Waals surface area contributed by atoms with E-state index in [0.717, 1.165) is 37.8 Å². The lowest BCUT2D eigenvalue weighted by atomic mass is 10.1. The highest BCUT2D eigenvalue weighted by Crippen LogP contribution is 2.29. The summed E-state index contributed by atoms with van der Waals surface area (Å²) in [7, 11) is 0. The Morgan fingerprint density at radius 3 is 1.86 bits per heavy atom. The highest BCUT2D eigenvalue weighted by atomic mass is 19.4. The topological polar surface area (TPSA) is 20.3 Å². The van der Waals surface area contributed by atoms with Crippen LogP contribution < -0.4 is 0 Å². The van der Waals surface area contributed by atoms with Crippen molar-refractivity contribution in [1.82, 2.24) is 4.90 Å². The van der Waals surface area contributed by atoms with Gasteiger partial charge in [-0.25, -0.2) is 0 Å². The molecule has 2 nitrogen and oxygen atoms in total. The fraction of sp³-hybridized carbons (Fsp3) is 0.562. The summed E-state index contributed by atoms with van der Waals surface area (Å²) >= 11 is 0. The maximum absolute atomic E-state index is 12.5. The molecule has 0 saturated carbocycles. The molecular weight excluding hydrogens is 279 g/mol. The van der Waals surface area contributed by atoms with E-state index in [-0.39, 0.29) is 5.91 Å². The monoisotopic (exact) mass is 301 g/mol. The first kappa shape index (κ1) is 17.5. The number of nitrogens with zero attached hydrogens (tertiary/aromatic N) is 1. The molecule has 0 radical (unpaired) electrons. The van der Waals surface area contributed by atoms with Crippen LogP contribution in [0.1, 0.15) is 55.5 Å². The maximum Gasteiger partial charge on any atom is 0.416 e. The summed E-state index contributed by atoms with van der Waals surface area (Å²) in [5.74, 6) is -0.189. The molecule has 0 heterocycles. The molecule has 0 spiro atoms. The molecule has 0 atom stereocenters. The highest BCUT2D eigenvalue weighted by molar-refractivity contribution is 5.94. The zero-order valence-corrected chi connectivity index (χ0v) is 12.5. The van der Waals surface area contributed by atoms with Crippen molar-refractivity contribution in [1.29, 1.82) is 0 Å². The predicted molar refractivity (Wildman–Crippen MR) is 77.2 cm³/mol. The third-order valence-corrected chi connectivity index (χ3v) is 3.31. The Hall–Kier alpha value is -1.52. The summed E-state index contributed by atoms with van der Waals surface area (Å²) in [5, 5.41) is 0. The van der Waals surface area contributed by atoms with Crippen LogP contribution in [0.2, 0.25) is 0 Å². The number of rotatable bonds is 7. The standard InChI is InChI=1S/C16H22F3NO/c1-3-5-11-20(12-6-4-2)15(21)13-7-9-14(10-8-13)16(17,18)19/h7-10H,3-6,11-12H2,1-2H3. The molecule has 1 rings (SSSR count). The molecule has 118 valence electrons. The number of halogens is 3. The first-order valence-corrected chi connectivity index (χ1v) is 7.36. The Balaban J connectivity index is 2.82. The van der Waals surface area contributed by atoms with Crippen LogP contribution in [0.5, 0.6) is 0 Å². The van der Waals surface area contributed by atoms with Crippen molar-refractivity contribution in [3.63, 3.8) is 0 Å². The second kappa shape index (κ2) is 8.05. The molecule has 0 aliphatic rings. The molecule has 0 fully saturated rings. The van der Waals surface area contributed by atoms with Gasteiger partial charge in [0.05, 0.1) is 5.56 Å². The van der Waals surface area contributed by atoms with Crippen molar-refractivity contribution in [2.75, 3.05) is 13.1 Å². The van der Waals surface area contributed by atoms with E-state index in [4.69, 9.17) is 0 Å². The van der Waals surface area contributed by atoms with Crippen molar-refractivity contribution in [2.45, 2.75) is 45.7 Å². The zero-order chi connectivity index (χ0) is 15.9. The summed E-state index contributed by atoms with van der Waals surface area (Å²) in [6, 6.07) is 4.45. The molecule has 0 N–H and O–H groups in total. The normalized spacial score (nSPS) is 11.5. The van der Waals surface area contributed by atoms with Gasteiger partial charge in [-0.15, -0.1) is 0 Å². The van der Waals surface area contributed by atoms with E-state index in [0.29, 0.717) is 18.7 Å². The number of hydrogen-bond donors (Lipinski definition) is 0. The number of amides is 1. The molecule has 0 aliphatic heterocycles. The van der Waals surface area contributed by atoms with Gasteiger partial charge in [0.2, 0.25) is 0 Å². The van der Waals surface area contributed by atoms with Gasteiger partial charge in [-0.3, -0.25) is 4.79 Å². The molecular formula is C16H22F3NO. The lowest BCUT2D eigenvalue weighted by Crippen LogP contribution is -2.33. The minimum absolute atomic E-state index is 0.189. The van der Waals surface area contributed by atoms with Gasteiger partial charge in [-0.1, -0.05) is 26.7 Å². The quantitative estimate of drug-likeness (QED) is 0.712. The molecule has 0 bridgehead atoms. The molecule has 1 aromatic rings.